The lowest BCUT2D eigenvalue weighted by atomic mass is 10.0. The number of benzene rings is 1. The number of hydrogen-bond donors (Lipinski definition) is 1. The average Bonchev–Trinajstić information content (AvgIpc) is 2.22. The van der Waals surface area contributed by atoms with Crippen LogP contribution in [0, 0.1) is 0 Å². The van der Waals surface area contributed by atoms with Crippen LogP contribution in [0.4, 0.5) is 0 Å². The molecule has 0 atom stereocenters. The molecule has 86 valence electrons. The molecule has 0 saturated heterocycles. The molecule has 1 N–H and O–H groups in total. The summed E-state index contributed by atoms with van der Waals surface area (Å²) < 4.78 is 0.703. The van der Waals surface area contributed by atoms with Crippen molar-refractivity contribution in [1.82, 2.24) is 0 Å². The number of ketones is 1. The molecule has 0 fully saturated rings. The molecule has 0 radical (unpaired) electrons. The number of halogens is 2. The van der Waals surface area contributed by atoms with E-state index in [4.69, 9.17) is 16.7 Å². The third-order valence-corrected chi connectivity index (χ3v) is 3.12. The van der Waals surface area contributed by atoms with E-state index < -0.39 is 5.97 Å². The topological polar surface area (TPSA) is 54.4 Å². The fourth-order valence-corrected chi connectivity index (χ4v) is 2.02. The molecule has 0 heterocycles. The number of rotatable bonds is 5. The summed E-state index contributed by atoms with van der Waals surface area (Å²) in [6.07, 6.45) is 0.0673. The number of aliphatic carboxylic acids is 1. The molecule has 0 aliphatic rings. The highest BCUT2D eigenvalue weighted by molar-refractivity contribution is 9.10. The lowest BCUT2D eigenvalue weighted by Gasteiger charge is -2.08. The maximum atomic E-state index is 11.2. The first-order valence-electron chi connectivity index (χ1n) is 4.60. The van der Waals surface area contributed by atoms with Crippen LogP contribution in [-0.2, 0) is 22.4 Å². The van der Waals surface area contributed by atoms with Gasteiger partial charge in [0.2, 0.25) is 0 Å². The molecule has 5 heteroatoms. The van der Waals surface area contributed by atoms with E-state index >= 15 is 0 Å². The zero-order valence-corrected chi connectivity index (χ0v) is 10.7. The second kappa shape index (κ2) is 6.01. The predicted molar refractivity (Wildman–Crippen MR) is 64.9 cm³/mol. The van der Waals surface area contributed by atoms with Gasteiger partial charge in [0.1, 0.15) is 0 Å². The van der Waals surface area contributed by atoms with Gasteiger partial charge in [-0.1, -0.05) is 28.1 Å². The molecule has 0 unspecified atom stereocenters. The second-order valence-corrected chi connectivity index (χ2v) is 4.42. The fraction of sp³-hybridized carbons (Fsp3) is 0.273. The van der Waals surface area contributed by atoms with Gasteiger partial charge >= 0.3 is 5.97 Å². The van der Waals surface area contributed by atoms with E-state index in [0.29, 0.717) is 15.6 Å². The number of alkyl halides is 1. The van der Waals surface area contributed by atoms with Crippen LogP contribution in [0.1, 0.15) is 11.1 Å². The predicted octanol–water partition coefficient (Wildman–Crippen LogP) is 2.43. The van der Waals surface area contributed by atoms with E-state index in [0.717, 1.165) is 0 Å². The summed E-state index contributed by atoms with van der Waals surface area (Å²) >= 11 is 8.70. The molecule has 1 aromatic carbocycles. The Bertz CT molecular complexity index is 418. The first-order chi connectivity index (χ1) is 7.54. The molecule has 0 spiro atoms. The molecule has 3 nitrogen and oxygen atoms in total. The maximum absolute atomic E-state index is 11.2. The molecular formula is C11H10BrClO3. The Kier molecular flexibility index (Phi) is 4.96. The molecular weight excluding hydrogens is 295 g/mol. The normalized spacial score (nSPS) is 10.1. The standard InChI is InChI=1S/C11H10BrClO3/c12-10-3-1-2-7(4-8(14)6-13)9(10)5-11(15)16/h1-3H,4-6H2,(H,15,16). The highest BCUT2D eigenvalue weighted by atomic mass is 79.9. The van der Waals surface area contributed by atoms with Crippen LogP contribution in [0.5, 0.6) is 0 Å². The summed E-state index contributed by atoms with van der Waals surface area (Å²) in [5.41, 5.74) is 1.34. The van der Waals surface area contributed by atoms with E-state index in [1.54, 1.807) is 18.2 Å². The number of carboxylic acid groups (broad SMARTS) is 1. The van der Waals surface area contributed by atoms with E-state index in [2.05, 4.69) is 15.9 Å². The van der Waals surface area contributed by atoms with Gasteiger partial charge in [-0.25, -0.2) is 0 Å². The smallest absolute Gasteiger partial charge is 0.307 e. The van der Waals surface area contributed by atoms with Gasteiger partial charge in [0.05, 0.1) is 12.3 Å². The molecule has 1 aromatic rings. The lowest BCUT2D eigenvalue weighted by Crippen LogP contribution is -2.09. The van der Waals surface area contributed by atoms with Crippen molar-refractivity contribution in [2.75, 3.05) is 5.88 Å². The maximum Gasteiger partial charge on any atom is 0.307 e. The Labute approximate surface area is 107 Å². The summed E-state index contributed by atoms with van der Waals surface area (Å²) in [6, 6.07) is 5.27. The highest BCUT2D eigenvalue weighted by Gasteiger charge is 2.12. The monoisotopic (exact) mass is 304 g/mol. The molecule has 16 heavy (non-hydrogen) atoms. The Hall–Kier alpha value is -0.870. The first-order valence-corrected chi connectivity index (χ1v) is 5.93. The van der Waals surface area contributed by atoms with E-state index in [-0.39, 0.29) is 24.5 Å². The summed E-state index contributed by atoms with van der Waals surface area (Å²) in [5, 5.41) is 8.78. The summed E-state index contributed by atoms with van der Waals surface area (Å²) in [5.74, 6) is -1.10. The van der Waals surface area contributed by atoms with Crippen molar-refractivity contribution >= 4 is 39.3 Å². The number of carbonyl (C=O) groups excluding carboxylic acids is 1. The third kappa shape index (κ3) is 3.61. The van der Waals surface area contributed by atoms with E-state index in [1.807, 2.05) is 0 Å². The summed E-state index contributed by atoms with van der Waals surface area (Å²) in [4.78, 5) is 21.9. The Morgan fingerprint density at radius 2 is 2.00 bits per heavy atom. The quantitative estimate of drug-likeness (QED) is 0.850. The van der Waals surface area contributed by atoms with Crippen LogP contribution in [0.2, 0.25) is 0 Å². The van der Waals surface area contributed by atoms with Crippen LogP contribution >= 0.6 is 27.5 Å². The SMILES string of the molecule is O=C(O)Cc1c(Br)cccc1CC(=O)CCl. The number of hydrogen-bond acceptors (Lipinski definition) is 2. The van der Waals surface area contributed by atoms with Gasteiger partial charge in [-0.15, -0.1) is 11.6 Å². The van der Waals surface area contributed by atoms with Crippen LogP contribution in [-0.4, -0.2) is 22.7 Å². The minimum absolute atomic E-state index is 0.0565. The Morgan fingerprint density at radius 1 is 1.31 bits per heavy atom. The van der Waals surface area contributed by atoms with Crippen LogP contribution in [0.25, 0.3) is 0 Å². The molecule has 0 aliphatic heterocycles. The zero-order chi connectivity index (χ0) is 12.1. The molecule has 0 saturated carbocycles. The van der Waals surface area contributed by atoms with Gasteiger partial charge < -0.3 is 5.11 Å². The molecule has 0 bridgehead atoms. The number of carbonyl (C=O) groups is 2. The minimum Gasteiger partial charge on any atom is -0.481 e. The van der Waals surface area contributed by atoms with Crippen molar-refractivity contribution in [2.24, 2.45) is 0 Å². The van der Waals surface area contributed by atoms with Crippen molar-refractivity contribution < 1.29 is 14.7 Å². The summed E-state index contributed by atoms with van der Waals surface area (Å²) in [6.45, 7) is 0. The Balaban J connectivity index is 3.02. The van der Waals surface area contributed by atoms with Crippen molar-refractivity contribution in [1.29, 1.82) is 0 Å². The number of carboxylic acids is 1. The van der Waals surface area contributed by atoms with Crippen molar-refractivity contribution in [3.63, 3.8) is 0 Å². The van der Waals surface area contributed by atoms with Gasteiger partial charge in [-0.3, -0.25) is 9.59 Å². The van der Waals surface area contributed by atoms with Crippen LogP contribution in [0.3, 0.4) is 0 Å². The first kappa shape index (κ1) is 13.2. The van der Waals surface area contributed by atoms with Crippen molar-refractivity contribution in [3.8, 4) is 0 Å². The number of Topliss-reactive ketones (excluding diaryl/α,β-unsaturated/α-hetero) is 1. The second-order valence-electron chi connectivity index (χ2n) is 3.30. The van der Waals surface area contributed by atoms with Crippen LogP contribution < -0.4 is 0 Å². The van der Waals surface area contributed by atoms with E-state index in [9.17, 15) is 9.59 Å². The van der Waals surface area contributed by atoms with Gasteiger partial charge in [-0.05, 0) is 17.2 Å². The highest BCUT2D eigenvalue weighted by Crippen LogP contribution is 2.22. The molecule has 0 amide bonds. The van der Waals surface area contributed by atoms with Crippen molar-refractivity contribution in [3.05, 3.63) is 33.8 Å². The average molecular weight is 306 g/mol. The van der Waals surface area contributed by atoms with Gasteiger partial charge in [0.25, 0.3) is 0 Å². The zero-order valence-electron chi connectivity index (χ0n) is 8.37. The van der Waals surface area contributed by atoms with E-state index in [1.165, 1.54) is 0 Å². The fourth-order valence-electron chi connectivity index (χ4n) is 1.38. The molecule has 0 aromatic heterocycles. The lowest BCUT2D eigenvalue weighted by molar-refractivity contribution is -0.136. The molecule has 0 aliphatic carbocycles. The van der Waals surface area contributed by atoms with Gasteiger partial charge in [0, 0.05) is 10.9 Å². The Morgan fingerprint density at radius 3 is 2.56 bits per heavy atom. The van der Waals surface area contributed by atoms with Crippen LogP contribution in [0.15, 0.2) is 22.7 Å². The van der Waals surface area contributed by atoms with Crippen molar-refractivity contribution in [2.45, 2.75) is 12.8 Å². The minimum atomic E-state index is -0.925. The summed E-state index contributed by atoms with van der Waals surface area (Å²) in [7, 11) is 0. The van der Waals surface area contributed by atoms with Gasteiger partial charge in [0.15, 0.2) is 5.78 Å². The largest absolute Gasteiger partial charge is 0.481 e. The van der Waals surface area contributed by atoms with Gasteiger partial charge in [-0.2, -0.15) is 0 Å². The molecule has 1 rings (SSSR count). The third-order valence-electron chi connectivity index (χ3n) is 2.08.